The van der Waals surface area contributed by atoms with Crippen LogP contribution in [0, 0.1) is 16.0 Å². The molecule has 1 amide bonds. The molecule has 0 bridgehead atoms. The molecule has 1 aliphatic rings. The molecule has 1 aliphatic heterocycles. The summed E-state index contributed by atoms with van der Waals surface area (Å²) in [5.74, 6) is 0.782. The quantitative estimate of drug-likeness (QED) is 0.615. The predicted molar refractivity (Wildman–Crippen MR) is 80.1 cm³/mol. The van der Waals surface area contributed by atoms with Gasteiger partial charge in [-0.25, -0.2) is 0 Å². The van der Waals surface area contributed by atoms with E-state index >= 15 is 0 Å². The number of nitro benzene ring substituents is 1. The van der Waals surface area contributed by atoms with E-state index in [0.29, 0.717) is 18.2 Å². The molecular formula is C15H20N2O5. The third kappa shape index (κ3) is 3.87. The predicted octanol–water partition coefficient (Wildman–Crippen LogP) is 2.24. The zero-order valence-electron chi connectivity index (χ0n) is 12.8. The van der Waals surface area contributed by atoms with E-state index in [1.165, 1.54) is 19.2 Å². The van der Waals surface area contributed by atoms with E-state index in [4.69, 9.17) is 9.47 Å². The van der Waals surface area contributed by atoms with E-state index in [1.807, 2.05) is 0 Å². The first-order valence-corrected chi connectivity index (χ1v) is 7.24. The van der Waals surface area contributed by atoms with Gasteiger partial charge in [0.1, 0.15) is 5.75 Å². The van der Waals surface area contributed by atoms with Crippen LogP contribution in [0.2, 0.25) is 0 Å². The lowest BCUT2D eigenvalue weighted by Gasteiger charge is -2.30. The third-order valence-corrected chi connectivity index (χ3v) is 3.72. The maximum absolute atomic E-state index is 12.1. The van der Waals surface area contributed by atoms with Gasteiger partial charge in [-0.05, 0) is 30.9 Å². The molecule has 22 heavy (non-hydrogen) atoms. The van der Waals surface area contributed by atoms with Crippen LogP contribution in [0.15, 0.2) is 18.2 Å². The molecule has 0 aliphatic carbocycles. The average molecular weight is 308 g/mol. The Bertz CT molecular complexity index is 561. The van der Waals surface area contributed by atoms with Crippen LogP contribution < -0.4 is 9.47 Å². The second-order valence-corrected chi connectivity index (χ2v) is 5.47. The summed E-state index contributed by atoms with van der Waals surface area (Å²) in [6.45, 7) is 3.35. The minimum absolute atomic E-state index is 0.0733. The minimum Gasteiger partial charge on any atom is -0.496 e. The number of hydrogen-bond donors (Lipinski definition) is 0. The highest BCUT2D eigenvalue weighted by Crippen LogP contribution is 2.31. The molecule has 2 rings (SSSR count). The molecule has 1 aromatic carbocycles. The maximum Gasteiger partial charge on any atom is 0.314 e. The summed E-state index contributed by atoms with van der Waals surface area (Å²) in [4.78, 5) is 24.4. The lowest BCUT2D eigenvalue weighted by molar-refractivity contribution is -0.385. The Balaban J connectivity index is 2.01. The number of ether oxygens (including phenoxy) is 2. The van der Waals surface area contributed by atoms with Crippen molar-refractivity contribution in [3.05, 3.63) is 28.3 Å². The number of hydrogen-bond acceptors (Lipinski definition) is 5. The Morgan fingerprint density at radius 3 is 2.91 bits per heavy atom. The van der Waals surface area contributed by atoms with Crippen molar-refractivity contribution in [2.75, 3.05) is 26.8 Å². The van der Waals surface area contributed by atoms with Crippen LogP contribution >= 0.6 is 0 Å². The molecule has 7 nitrogen and oxygen atoms in total. The molecule has 0 N–H and O–H groups in total. The number of benzene rings is 1. The van der Waals surface area contributed by atoms with Gasteiger partial charge in [0.2, 0.25) is 0 Å². The fourth-order valence-electron chi connectivity index (χ4n) is 2.54. The number of carbonyl (C=O) groups is 1. The SMILES string of the molecule is COc1ccc(OCC(=O)N2CCC[C@H](C)C2)c([N+](=O)[O-])c1. The lowest BCUT2D eigenvalue weighted by atomic mass is 10.0. The monoisotopic (exact) mass is 308 g/mol. The van der Waals surface area contributed by atoms with Crippen LogP contribution in [-0.4, -0.2) is 42.5 Å². The second-order valence-electron chi connectivity index (χ2n) is 5.47. The largest absolute Gasteiger partial charge is 0.496 e. The van der Waals surface area contributed by atoms with E-state index in [-0.39, 0.29) is 24.0 Å². The van der Waals surface area contributed by atoms with Crippen LogP contribution in [0.1, 0.15) is 19.8 Å². The Labute approximate surface area is 129 Å². The van der Waals surface area contributed by atoms with Gasteiger partial charge in [-0.3, -0.25) is 14.9 Å². The van der Waals surface area contributed by atoms with E-state index in [2.05, 4.69) is 6.92 Å². The zero-order valence-corrected chi connectivity index (χ0v) is 12.8. The molecule has 1 aromatic rings. The molecule has 1 heterocycles. The highest BCUT2D eigenvalue weighted by atomic mass is 16.6. The molecule has 0 aromatic heterocycles. The van der Waals surface area contributed by atoms with Crippen molar-refractivity contribution in [1.29, 1.82) is 0 Å². The fourth-order valence-corrected chi connectivity index (χ4v) is 2.54. The topological polar surface area (TPSA) is 81.9 Å². The molecule has 0 radical (unpaired) electrons. The minimum atomic E-state index is -0.550. The van der Waals surface area contributed by atoms with Gasteiger partial charge in [-0.15, -0.1) is 0 Å². The molecule has 1 saturated heterocycles. The number of amides is 1. The van der Waals surface area contributed by atoms with Crippen LogP contribution in [-0.2, 0) is 4.79 Å². The maximum atomic E-state index is 12.1. The van der Waals surface area contributed by atoms with E-state index < -0.39 is 4.92 Å². The van der Waals surface area contributed by atoms with Gasteiger partial charge in [-0.2, -0.15) is 0 Å². The van der Waals surface area contributed by atoms with Gasteiger partial charge >= 0.3 is 5.69 Å². The smallest absolute Gasteiger partial charge is 0.314 e. The molecule has 0 unspecified atom stereocenters. The number of piperidine rings is 1. The molecule has 1 atom stereocenters. The Morgan fingerprint density at radius 1 is 1.50 bits per heavy atom. The van der Waals surface area contributed by atoms with Crippen LogP contribution in [0.25, 0.3) is 0 Å². The summed E-state index contributed by atoms with van der Waals surface area (Å²) in [5, 5.41) is 11.1. The summed E-state index contributed by atoms with van der Waals surface area (Å²) in [6, 6.07) is 4.29. The van der Waals surface area contributed by atoms with Crippen molar-refractivity contribution in [2.45, 2.75) is 19.8 Å². The van der Waals surface area contributed by atoms with Crippen molar-refractivity contribution in [3.63, 3.8) is 0 Å². The first kappa shape index (κ1) is 16.1. The van der Waals surface area contributed by atoms with Crippen LogP contribution in [0.5, 0.6) is 11.5 Å². The standard InChI is InChI=1S/C15H20N2O5/c1-11-4-3-7-16(9-11)15(18)10-22-14-6-5-12(21-2)8-13(14)17(19)20/h5-6,8,11H,3-4,7,9-10H2,1-2H3/t11-/m0/s1. The number of nitrogens with zero attached hydrogens (tertiary/aromatic N) is 2. The number of rotatable bonds is 5. The van der Waals surface area contributed by atoms with E-state index in [0.717, 1.165) is 19.4 Å². The van der Waals surface area contributed by atoms with Gasteiger partial charge in [0, 0.05) is 13.1 Å². The summed E-state index contributed by atoms with van der Waals surface area (Å²) in [5.41, 5.74) is -0.209. The molecule has 0 saturated carbocycles. The van der Waals surface area contributed by atoms with Crippen molar-refractivity contribution in [2.24, 2.45) is 5.92 Å². The zero-order chi connectivity index (χ0) is 16.1. The Morgan fingerprint density at radius 2 is 2.27 bits per heavy atom. The van der Waals surface area contributed by atoms with Crippen molar-refractivity contribution < 1.29 is 19.2 Å². The van der Waals surface area contributed by atoms with Crippen LogP contribution in [0.3, 0.4) is 0 Å². The van der Waals surface area contributed by atoms with Crippen molar-refractivity contribution >= 4 is 11.6 Å². The Hall–Kier alpha value is -2.31. The van der Waals surface area contributed by atoms with Crippen molar-refractivity contribution in [1.82, 2.24) is 4.90 Å². The first-order chi connectivity index (χ1) is 10.5. The molecule has 1 fully saturated rings. The molecule has 7 heteroatoms. The lowest BCUT2D eigenvalue weighted by Crippen LogP contribution is -2.41. The van der Waals surface area contributed by atoms with Gasteiger partial charge < -0.3 is 14.4 Å². The number of methoxy groups -OCH3 is 1. The summed E-state index contributed by atoms with van der Waals surface area (Å²) in [7, 11) is 1.43. The first-order valence-electron chi connectivity index (χ1n) is 7.24. The van der Waals surface area contributed by atoms with Gasteiger partial charge in [0.15, 0.2) is 12.4 Å². The van der Waals surface area contributed by atoms with Gasteiger partial charge in [-0.1, -0.05) is 6.92 Å². The van der Waals surface area contributed by atoms with E-state index in [9.17, 15) is 14.9 Å². The third-order valence-electron chi connectivity index (χ3n) is 3.72. The highest BCUT2D eigenvalue weighted by Gasteiger charge is 2.23. The van der Waals surface area contributed by atoms with Crippen LogP contribution in [0.4, 0.5) is 5.69 Å². The summed E-state index contributed by atoms with van der Waals surface area (Å²) < 4.78 is 10.3. The normalized spacial score (nSPS) is 17.9. The van der Waals surface area contributed by atoms with Crippen molar-refractivity contribution in [3.8, 4) is 11.5 Å². The molecule has 120 valence electrons. The molecular weight excluding hydrogens is 288 g/mol. The second kappa shape index (κ2) is 7.11. The highest BCUT2D eigenvalue weighted by molar-refractivity contribution is 5.78. The average Bonchev–Trinajstić information content (AvgIpc) is 2.52. The van der Waals surface area contributed by atoms with E-state index in [1.54, 1.807) is 11.0 Å². The Kier molecular flexibility index (Phi) is 5.19. The fraction of sp³-hybridized carbons (Fsp3) is 0.533. The summed E-state index contributed by atoms with van der Waals surface area (Å²) >= 11 is 0. The number of carbonyl (C=O) groups excluding carboxylic acids is 1. The number of likely N-dealkylation sites (tertiary alicyclic amines) is 1. The number of nitro groups is 1. The van der Waals surface area contributed by atoms with Gasteiger partial charge in [0.05, 0.1) is 18.1 Å². The summed E-state index contributed by atoms with van der Waals surface area (Å²) in [6.07, 6.45) is 2.10. The van der Waals surface area contributed by atoms with Gasteiger partial charge in [0.25, 0.3) is 5.91 Å². The molecule has 0 spiro atoms.